The molecule has 0 spiro atoms. The second kappa shape index (κ2) is 7.98. The minimum atomic E-state index is -3.44. The number of sulfonamides is 1. The van der Waals surface area contributed by atoms with Gasteiger partial charge in [-0.25, -0.2) is 13.1 Å². The molecule has 1 saturated heterocycles. The number of piperidine rings is 1. The minimum Gasteiger partial charge on any atom is -0.496 e. The Labute approximate surface area is 132 Å². The van der Waals surface area contributed by atoms with Crippen molar-refractivity contribution in [1.82, 2.24) is 10.0 Å². The SMILES string of the molecule is COc1ccc(S(=O)(=O)NCC2CCCNC2)cc1C.Cl. The number of rotatable bonds is 5. The van der Waals surface area contributed by atoms with Crippen molar-refractivity contribution >= 4 is 22.4 Å². The highest BCUT2D eigenvalue weighted by Gasteiger charge is 2.19. The van der Waals surface area contributed by atoms with Crippen molar-refractivity contribution < 1.29 is 13.2 Å². The average Bonchev–Trinajstić information content (AvgIpc) is 2.46. The fraction of sp³-hybridized carbons (Fsp3) is 0.571. The van der Waals surface area contributed by atoms with Crippen molar-refractivity contribution in [3.63, 3.8) is 0 Å². The van der Waals surface area contributed by atoms with Crippen molar-refractivity contribution in [2.75, 3.05) is 26.7 Å². The first-order valence-electron chi connectivity index (χ1n) is 6.88. The quantitative estimate of drug-likeness (QED) is 0.860. The molecular weight excluding hydrogens is 312 g/mol. The van der Waals surface area contributed by atoms with Crippen molar-refractivity contribution in [3.05, 3.63) is 23.8 Å². The first kappa shape index (κ1) is 18.2. The lowest BCUT2D eigenvalue weighted by atomic mass is 10.0. The van der Waals surface area contributed by atoms with Gasteiger partial charge in [-0.3, -0.25) is 0 Å². The summed E-state index contributed by atoms with van der Waals surface area (Å²) in [5, 5.41) is 3.28. The molecule has 0 bridgehead atoms. The molecule has 1 aromatic carbocycles. The van der Waals surface area contributed by atoms with Gasteiger partial charge in [-0.15, -0.1) is 12.4 Å². The van der Waals surface area contributed by atoms with Crippen LogP contribution in [0.25, 0.3) is 0 Å². The number of hydrogen-bond donors (Lipinski definition) is 2. The highest BCUT2D eigenvalue weighted by Crippen LogP contribution is 2.21. The molecule has 7 heteroatoms. The van der Waals surface area contributed by atoms with E-state index in [1.54, 1.807) is 25.3 Å². The molecular formula is C14H23ClN2O3S. The molecule has 1 aliphatic heterocycles. The lowest BCUT2D eigenvalue weighted by Crippen LogP contribution is -2.38. The monoisotopic (exact) mass is 334 g/mol. The fourth-order valence-corrected chi connectivity index (χ4v) is 3.63. The van der Waals surface area contributed by atoms with Crippen LogP contribution in [0.4, 0.5) is 0 Å². The Balaban J connectivity index is 0.00000220. The number of aryl methyl sites for hydroxylation is 1. The highest BCUT2D eigenvalue weighted by atomic mass is 35.5. The van der Waals surface area contributed by atoms with Gasteiger partial charge in [0, 0.05) is 6.54 Å². The molecule has 1 aliphatic rings. The van der Waals surface area contributed by atoms with Crippen molar-refractivity contribution in [2.45, 2.75) is 24.7 Å². The summed E-state index contributed by atoms with van der Waals surface area (Å²) in [6.07, 6.45) is 2.17. The molecule has 0 saturated carbocycles. The third-order valence-corrected chi connectivity index (χ3v) is 5.06. The molecule has 2 rings (SSSR count). The molecule has 0 radical (unpaired) electrons. The molecule has 1 unspecified atom stereocenters. The number of benzene rings is 1. The molecule has 0 amide bonds. The number of ether oxygens (including phenoxy) is 1. The normalized spacial score (nSPS) is 18.9. The van der Waals surface area contributed by atoms with Crippen LogP contribution in [0.2, 0.25) is 0 Å². The zero-order valence-corrected chi connectivity index (χ0v) is 14.0. The Hall–Kier alpha value is -0.820. The van der Waals surface area contributed by atoms with Crippen LogP contribution < -0.4 is 14.8 Å². The van der Waals surface area contributed by atoms with Gasteiger partial charge >= 0.3 is 0 Å². The molecule has 1 atom stereocenters. The van der Waals surface area contributed by atoms with Crippen LogP contribution in [0.1, 0.15) is 18.4 Å². The molecule has 1 fully saturated rings. The van der Waals surface area contributed by atoms with Crippen LogP contribution in [-0.2, 0) is 10.0 Å². The Morgan fingerprint density at radius 1 is 1.43 bits per heavy atom. The summed E-state index contributed by atoms with van der Waals surface area (Å²) in [5.74, 6) is 1.07. The van der Waals surface area contributed by atoms with E-state index in [1.165, 1.54) is 0 Å². The van der Waals surface area contributed by atoms with Gasteiger partial charge in [-0.05, 0) is 62.5 Å². The van der Waals surface area contributed by atoms with Crippen LogP contribution in [0.5, 0.6) is 5.75 Å². The summed E-state index contributed by atoms with van der Waals surface area (Å²) in [4.78, 5) is 0.291. The zero-order chi connectivity index (χ0) is 14.6. The van der Waals surface area contributed by atoms with Gasteiger partial charge in [0.05, 0.1) is 12.0 Å². The molecule has 2 N–H and O–H groups in total. The van der Waals surface area contributed by atoms with Crippen LogP contribution >= 0.6 is 12.4 Å². The van der Waals surface area contributed by atoms with Crippen molar-refractivity contribution in [2.24, 2.45) is 5.92 Å². The first-order valence-corrected chi connectivity index (χ1v) is 8.36. The summed E-state index contributed by atoms with van der Waals surface area (Å²) in [6.45, 7) is 4.23. The molecule has 21 heavy (non-hydrogen) atoms. The number of hydrogen-bond acceptors (Lipinski definition) is 4. The lowest BCUT2D eigenvalue weighted by Gasteiger charge is -2.22. The Kier molecular flexibility index (Phi) is 6.93. The summed E-state index contributed by atoms with van der Waals surface area (Å²) in [5.41, 5.74) is 0.815. The van der Waals surface area contributed by atoms with Gasteiger partial charge in [-0.1, -0.05) is 0 Å². The van der Waals surface area contributed by atoms with E-state index in [-0.39, 0.29) is 12.4 Å². The summed E-state index contributed by atoms with van der Waals surface area (Å²) >= 11 is 0. The number of nitrogens with one attached hydrogen (secondary N) is 2. The van der Waals surface area contributed by atoms with E-state index in [2.05, 4.69) is 10.0 Å². The second-order valence-corrected chi connectivity index (χ2v) is 6.96. The van der Waals surface area contributed by atoms with E-state index in [0.717, 1.165) is 31.5 Å². The second-order valence-electron chi connectivity index (χ2n) is 5.20. The molecule has 0 aromatic heterocycles. The fourth-order valence-electron chi connectivity index (χ4n) is 2.43. The number of methoxy groups -OCH3 is 1. The lowest BCUT2D eigenvalue weighted by molar-refractivity contribution is 0.376. The van der Waals surface area contributed by atoms with Crippen LogP contribution in [0.15, 0.2) is 23.1 Å². The molecule has 120 valence electrons. The molecule has 1 aromatic rings. The Morgan fingerprint density at radius 2 is 2.19 bits per heavy atom. The molecule has 1 heterocycles. The van der Waals surface area contributed by atoms with Gasteiger partial charge in [0.15, 0.2) is 0 Å². The predicted molar refractivity (Wildman–Crippen MR) is 85.8 cm³/mol. The van der Waals surface area contributed by atoms with Crippen molar-refractivity contribution in [3.8, 4) is 5.75 Å². The predicted octanol–water partition coefficient (Wildman–Crippen LogP) is 1.70. The molecule has 5 nitrogen and oxygen atoms in total. The van der Waals surface area contributed by atoms with E-state index in [0.29, 0.717) is 23.1 Å². The van der Waals surface area contributed by atoms with E-state index < -0.39 is 10.0 Å². The van der Waals surface area contributed by atoms with Crippen LogP contribution in [0, 0.1) is 12.8 Å². The van der Waals surface area contributed by atoms with Gasteiger partial charge in [-0.2, -0.15) is 0 Å². The summed E-state index contributed by atoms with van der Waals surface area (Å²) < 4.78 is 32.4. The highest BCUT2D eigenvalue weighted by molar-refractivity contribution is 7.89. The zero-order valence-electron chi connectivity index (χ0n) is 12.4. The van der Waals surface area contributed by atoms with Gasteiger partial charge in [0.2, 0.25) is 10.0 Å². The Bertz CT molecular complexity index is 557. The maximum atomic E-state index is 12.3. The topological polar surface area (TPSA) is 67.4 Å². The third kappa shape index (κ3) is 4.85. The van der Waals surface area contributed by atoms with Crippen LogP contribution in [-0.4, -0.2) is 35.2 Å². The standard InChI is InChI=1S/C14H22N2O3S.ClH/c1-11-8-13(5-6-14(11)19-2)20(17,18)16-10-12-4-3-7-15-9-12;/h5-6,8,12,15-16H,3-4,7,9-10H2,1-2H3;1H. The first-order chi connectivity index (χ1) is 9.53. The maximum Gasteiger partial charge on any atom is 0.240 e. The largest absolute Gasteiger partial charge is 0.496 e. The van der Waals surface area contributed by atoms with Crippen molar-refractivity contribution in [1.29, 1.82) is 0 Å². The third-order valence-electron chi connectivity index (χ3n) is 3.64. The van der Waals surface area contributed by atoms with Gasteiger partial charge in [0.25, 0.3) is 0 Å². The minimum absolute atomic E-state index is 0. The van der Waals surface area contributed by atoms with Crippen LogP contribution in [0.3, 0.4) is 0 Å². The summed E-state index contributed by atoms with van der Waals surface area (Å²) in [6, 6.07) is 4.90. The van der Waals surface area contributed by atoms with Gasteiger partial charge < -0.3 is 10.1 Å². The smallest absolute Gasteiger partial charge is 0.240 e. The Morgan fingerprint density at radius 3 is 2.76 bits per heavy atom. The maximum absolute atomic E-state index is 12.3. The number of halogens is 1. The van der Waals surface area contributed by atoms with E-state index in [1.807, 2.05) is 6.92 Å². The molecule has 0 aliphatic carbocycles. The van der Waals surface area contributed by atoms with E-state index >= 15 is 0 Å². The van der Waals surface area contributed by atoms with E-state index in [9.17, 15) is 8.42 Å². The summed E-state index contributed by atoms with van der Waals surface area (Å²) in [7, 11) is -1.87. The van der Waals surface area contributed by atoms with E-state index in [4.69, 9.17) is 4.74 Å². The average molecular weight is 335 g/mol. The van der Waals surface area contributed by atoms with Gasteiger partial charge in [0.1, 0.15) is 5.75 Å².